The molecule has 0 aliphatic heterocycles. The van der Waals surface area contributed by atoms with Crippen molar-refractivity contribution in [2.75, 3.05) is 19.6 Å². The van der Waals surface area contributed by atoms with Crippen molar-refractivity contribution in [2.24, 2.45) is 0 Å². The van der Waals surface area contributed by atoms with Gasteiger partial charge in [0.05, 0.1) is 11.7 Å². The number of hydrogen-bond donors (Lipinski definition) is 3. The average molecular weight is 348 g/mol. The standard InChI is InChI=1S/C12H17IN2O2/c1-9(16)8-14-6-7-15-12(17)10-4-2-3-5-11(10)13/h2-5,9,14,16H,6-8H2,1H3,(H,15,17). The van der Waals surface area contributed by atoms with Gasteiger partial charge in [0.25, 0.3) is 5.91 Å². The lowest BCUT2D eigenvalue weighted by atomic mass is 10.2. The minimum atomic E-state index is -0.360. The van der Waals surface area contributed by atoms with Crippen LogP contribution in [0.25, 0.3) is 0 Å². The van der Waals surface area contributed by atoms with E-state index in [2.05, 4.69) is 33.2 Å². The van der Waals surface area contributed by atoms with Gasteiger partial charge in [-0.2, -0.15) is 0 Å². The summed E-state index contributed by atoms with van der Waals surface area (Å²) in [6.07, 6.45) is -0.360. The third-order valence-corrected chi connectivity index (χ3v) is 3.09. The number of carbonyl (C=O) groups excluding carboxylic acids is 1. The molecule has 0 spiro atoms. The predicted octanol–water partition coefficient (Wildman–Crippen LogP) is 0.991. The summed E-state index contributed by atoms with van der Waals surface area (Å²) in [4.78, 5) is 11.8. The Labute approximate surface area is 115 Å². The van der Waals surface area contributed by atoms with Crippen LogP contribution in [-0.2, 0) is 0 Å². The van der Waals surface area contributed by atoms with Crippen LogP contribution >= 0.6 is 22.6 Å². The summed E-state index contributed by atoms with van der Waals surface area (Å²) in [5, 5.41) is 14.9. The van der Waals surface area contributed by atoms with Crippen molar-refractivity contribution >= 4 is 28.5 Å². The number of carbonyl (C=O) groups is 1. The first kappa shape index (κ1) is 14.4. The van der Waals surface area contributed by atoms with Crippen LogP contribution in [0.1, 0.15) is 17.3 Å². The molecular formula is C12H17IN2O2. The van der Waals surface area contributed by atoms with Gasteiger partial charge in [-0.1, -0.05) is 12.1 Å². The molecule has 17 heavy (non-hydrogen) atoms. The molecule has 4 nitrogen and oxygen atoms in total. The van der Waals surface area contributed by atoms with Gasteiger partial charge in [0.2, 0.25) is 0 Å². The minimum Gasteiger partial charge on any atom is -0.392 e. The number of aliphatic hydroxyl groups excluding tert-OH is 1. The molecule has 1 amide bonds. The van der Waals surface area contributed by atoms with E-state index in [0.717, 1.165) is 3.57 Å². The number of benzene rings is 1. The lowest BCUT2D eigenvalue weighted by Crippen LogP contribution is -2.34. The highest BCUT2D eigenvalue weighted by Crippen LogP contribution is 2.10. The molecular weight excluding hydrogens is 331 g/mol. The molecule has 0 heterocycles. The van der Waals surface area contributed by atoms with E-state index in [-0.39, 0.29) is 12.0 Å². The van der Waals surface area contributed by atoms with Crippen LogP contribution in [0.15, 0.2) is 24.3 Å². The first-order chi connectivity index (χ1) is 8.11. The van der Waals surface area contributed by atoms with Gasteiger partial charge in [0, 0.05) is 23.2 Å². The lowest BCUT2D eigenvalue weighted by molar-refractivity contribution is 0.0952. The van der Waals surface area contributed by atoms with Crippen molar-refractivity contribution in [1.82, 2.24) is 10.6 Å². The molecule has 0 aliphatic rings. The Bertz CT molecular complexity index is 369. The van der Waals surface area contributed by atoms with Crippen molar-refractivity contribution in [2.45, 2.75) is 13.0 Å². The third kappa shape index (κ3) is 5.47. The maximum atomic E-state index is 11.8. The van der Waals surface area contributed by atoms with Crippen molar-refractivity contribution in [1.29, 1.82) is 0 Å². The van der Waals surface area contributed by atoms with E-state index in [1.54, 1.807) is 13.0 Å². The molecule has 0 aromatic heterocycles. The molecule has 0 bridgehead atoms. The summed E-state index contributed by atoms with van der Waals surface area (Å²) in [6.45, 7) is 3.47. The van der Waals surface area contributed by atoms with Gasteiger partial charge in [-0.3, -0.25) is 4.79 Å². The normalized spacial score (nSPS) is 12.2. The zero-order chi connectivity index (χ0) is 12.7. The molecule has 1 unspecified atom stereocenters. The Morgan fingerprint density at radius 1 is 1.41 bits per heavy atom. The lowest BCUT2D eigenvalue weighted by Gasteiger charge is -2.09. The molecule has 1 aromatic rings. The summed E-state index contributed by atoms with van der Waals surface area (Å²) in [5.74, 6) is -0.0613. The van der Waals surface area contributed by atoms with Gasteiger partial charge >= 0.3 is 0 Å². The van der Waals surface area contributed by atoms with Gasteiger partial charge in [-0.15, -0.1) is 0 Å². The minimum absolute atomic E-state index is 0.0613. The van der Waals surface area contributed by atoms with Gasteiger partial charge in [-0.05, 0) is 41.6 Å². The van der Waals surface area contributed by atoms with Crippen LogP contribution in [0, 0.1) is 3.57 Å². The second-order valence-corrected chi connectivity index (χ2v) is 4.95. The van der Waals surface area contributed by atoms with Crippen molar-refractivity contribution < 1.29 is 9.90 Å². The Hall–Kier alpha value is -0.660. The quantitative estimate of drug-likeness (QED) is 0.531. The van der Waals surface area contributed by atoms with Crippen molar-refractivity contribution in [3.05, 3.63) is 33.4 Å². The number of rotatable bonds is 6. The number of halogens is 1. The fraction of sp³-hybridized carbons (Fsp3) is 0.417. The van der Waals surface area contributed by atoms with Crippen LogP contribution in [0.2, 0.25) is 0 Å². The first-order valence-corrected chi connectivity index (χ1v) is 6.60. The Kier molecular flexibility index (Phi) is 6.46. The van der Waals surface area contributed by atoms with Gasteiger partial charge in [-0.25, -0.2) is 0 Å². The van der Waals surface area contributed by atoms with Gasteiger partial charge < -0.3 is 15.7 Å². The highest BCUT2D eigenvalue weighted by molar-refractivity contribution is 14.1. The van der Waals surface area contributed by atoms with Crippen LogP contribution in [-0.4, -0.2) is 36.8 Å². The summed E-state index contributed by atoms with van der Waals surface area (Å²) >= 11 is 2.14. The molecule has 1 rings (SSSR count). The molecule has 1 atom stereocenters. The monoisotopic (exact) mass is 348 g/mol. The zero-order valence-corrected chi connectivity index (χ0v) is 11.9. The maximum absolute atomic E-state index is 11.8. The van der Waals surface area contributed by atoms with Crippen LogP contribution < -0.4 is 10.6 Å². The summed E-state index contributed by atoms with van der Waals surface area (Å²) in [6, 6.07) is 7.47. The molecule has 3 N–H and O–H groups in total. The van der Waals surface area contributed by atoms with E-state index in [0.29, 0.717) is 25.2 Å². The third-order valence-electron chi connectivity index (χ3n) is 2.15. The second-order valence-electron chi connectivity index (χ2n) is 3.79. The Morgan fingerprint density at radius 3 is 2.76 bits per heavy atom. The Balaban J connectivity index is 2.29. The van der Waals surface area contributed by atoms with Crippen molar-refractivity contribution in [3.63, 3.8) is 0 Å². The average Bonchev–Trinajstić information content (AvgIpc) is 2.28. The van der Waals surface area contributed by atoms with Crippen LogP contribution in [0.4, 0.5) is 0 Å². The molecule has 0 fully saturated rings. The largest absolute Gasteiger partial charge is 0.392 e. The maximum Gasteiger partial charge on any atom is 0.252 e. The molecule has 0 saturated heterocycles. The number of aliphatic hydroxyl groups is 1. The topological polar surface area (TPSA) is 61.4 Å². The van der Waals surface area contributed by atoms with E-state index in [9.17, 15) is 4.79 Å². The van der Waals surface area contributed by atoms with Crippen LogP contribution in [0.3, 0.4) is 0 Å². The Morgan fingerprint density at radius 2 is 2.12 bits per heavy atom. The van der Waals surface area contributed by atoms with Crippen LogP contribution in [0.5, 0.6) is 0 Å². The van der Waals surface area contributed by atoms with E-state index in [4.69, 9.17) is 5.11 Å². The fourth-order valence-corrected chi connectivity index (χ4v) is 1.95. The number of hydrogen-bond acceptors (Lipinski definition) is 3. The predicted molar refractivity (Wildman–Crippen MR) is 76.0 cm³/mol. The van der Waals surface area contributed by atoms with E-state index in [1.807, 2.05) is 18.2 Å². The molecule has 0 radical (unpaired) electrons. The van der Waals surface area contributed by atoms with Gasteiger partial charge in [0.15, 0.2) is 0 Å². The number of amides is 1. The summed E-state index contributed by atoms with van der Waals surface area (Å²) in [7, 11) is 0. The summed E-state index contributed by atoms with van der Waals surface area (Å²) < 4.78 is 0.944. The second kappa shape index (κ2) is 7.62. The first-order valence-electron chi connectivity index (χ1n) is 5.52. The fourth-order valence-electron chi connectivity index (χ4n) is 1.32. The molecule has 0 aliphatic carbocycles. The van der Waals surface area contributed by atoms with Gasteiger partial charge in [0.1, 0.15) is 0 Å². The van der Waals surface area contributed by atoms with E-state index < -0.39 is 0 Å². The molecule has 1 aromatic carbocycles. The van der Waals surface area contributed by atoms with E-state index in [1.165, 1.54) is 0 Å². The van der Waals surface area contributed by atoms with E-state index >= 15 is 0 Å². The highest BCUT2D eigenvalue weighted by atomic mass is 127. The molecule has 5 heteroatoms. The zero-order valence-electron chi connectivity index (χ0n) is 9.74. The highest BCUT2D eigenvalue weighted by Gasteiger charge is 2.07. The van der Waals surface area contributed by atoms with Crippen molar-refractivity contribution in [3.8, 4) is 0 Å². The molecule has 94 valence electrons. The number of nitrogens with one attached hydrogen (secondary N) is 2. The SMILES string of the molecule is CC(O)CNCCNC(=O)c1ccccc1I. The molecule has 0 saturated carbocycles. The summed E-state index contributed by atoms with van der Waals surface area (Å²) in [5.41, 5.74) is 0.698. The smallest absolute Gasteiger partial charge is 0.252 e.